The summed E-state index contributed by atoms with van der Waals surface area (Å²) < 4.78 is 49.3. The van der Waals surface area contributed by atoms with Crippen LogP contribution < -0.4 is 11.4 Å². The highest BCUT2D eigenvalue weighted by Gasteiger charge is 2.24. The van der Waals surface area contributed by atoms with Gasteiger partial charge in [-0.3, -0.25) is 0 Å². The molecule has 0 aliphatic heterocycles. The first-order valence-electron chi connectivity index (χ1n) is 8.01. The summed E-state index contributed by atoms with van der Waals surface area (Å²) in [4.78, 5) is 23.4. The fourth-order valence-electron chi connectivity index (χ4n) is 2.41. The van der Waals surface area contributed by atoms with E-state index in [4.69, 9.17) is 5.73 Å². The number of ether oxygens (including phenoxy) is 1. The Balaban J connectivity index is 2.47. The molecule has 1 aromatic carbocycles. The van der Waals surface area contributed by atoms with E-state index in [0.717, 1.165) is 23.1 Å². The molecule has 0 fully saturated rings. The number of amides is 1. The zero-order valence-corrected chi connectivity index (χ0v) is 16.9. The number of nitrogens with two attached hydrogens (primary N) is 1. The predicted molar refractivity (Wildman–Crippen MR) is 98.6 cm³/mol. The fraction of sp³-hybridized carbons (Fsp3) is 0.353. The van der Waals surface area contributed by atoms with Gasteiger partial charge in [0.1, 0.15) is 24.4 Å². The van der Waals surface area contributed by atoms with E-state index >= 15 is 0 Å². The first-order chi connectivity index (χ1) is 12.9. The molecular formula is C17H18BrF3N4O3. The van der Waals surface area contributed by atoms with Crippen LogP contribution in [0.2, 0.25) is 0 Å². The smallest absolute Gasteiger partial charge is 0.404 e. The number of benzene rings is 1. The molecule has 1 aromatic heterocycles. The minimum Gasteiger partial charge on any atom is -0.445 e. The molecule has 0 unspecified atom stereocenters. The Hall–Kier alpha value is -2.56. The van der Waals surface area contributed by atoms with Crippen LogP contribution in [0.15, 0.2) is 39.1 Å². The van der Waals surface area contributed by atoms with E-state index in [-0.39, 0.29) is 10.0 Å². The summed E-state index contributed by atoms with van der Waals surface area (Å²) >= 11 is 2.95. The summed E-state index contributed by atoms with van der Waals surface area (Å²) in [5, 5.41) is 3.78. The second kappa shape index (κ2) is 8.21. The molecule has 2 N–H and O–H groups in total. The van der Waals surface area contributed by atoms with Gasteiger partial charge in [-0.1, -0.05) is 36.7 Å². The third-order valence-electron chi connectivity index (χ3n) is 3.65. The van der Waals surface area contributed by atoms with Gasteiger partial charge in [-0.2, -0.15) is 5.10 Å². The zero-order valence-electron chi connectivity index (χ0n) is 15.3. The molecule has 0 bridgehead atoms. The van der Waals surface area contributed by atoms with Crippen LogP contribution in [-0.4, -0.2) is 27.0 Å². The summed E-state index contributed by atoms with van der Waals surface area (Å²) in [6, 6.07) is 1.99. The van der Waals surface area contributed by atoms with Gasteiger partial charge in [0.05, 0.1) is 6.54 Å². The third kappa shape index (κ3) is 4.83. The Bertz CT molecular complexity index is 969. The van der Waals surface area contributed by atoms with Crippen molar-refractivity contribution in [1.29, 1.82) is 0 Å². The van der Waals surface area contributed by atoms with E-state index in [0.29, 0.717) is 4.57 Å². The lowest BCUT2D eigenvalue weighted by Gasteiger charge is -2.20. The number of hydrogen-bond donors (Lipinski definition) is 1. The summed E-state index contributed by atoms with van der Waals surface area (Å²) in [5.74, 6) is -2.60. The molecule has 0 saturated heterocycles. The largest absolute Gasteiger partial charge is 0.445 e. The number of primary amides is 1. The number of aromatic nitrogens is 3. The van der Waals surface area contributed by atoms with Gasteiger partial charge in [0.25, 0.3) is 0 Å². The van der Waals surface area contributed by atoms with E-state index in [1.807, 2.05) is 0 Å². The summed E-state index contributed by atoms with van der Waals surface area (Å²) in [6.07, 6.45) is -0.199. The van der Waals surface area contributed by atoms with Crippen molar-refractivity contribution < 1.29 is 22.7 Å². The van der Waals surface area contributed by atoms with Crippen LogP contribution in [0.4, 0.5) is 18.0 Å². The Morgan fingerprint density at radius 2 is 1.86 bits per heavy atom. The Labute approximate surface area is 166 Å². The topological polar surface area (TPSA) is 92.1 Å². The lowest BCUT2D eigenvalue weighted by molar-refractivity contribution is 0.163. The molecule has 1 amide bonds. The predicted octanol–water partition coefficient (Wildman–Crippen LogP) is 3.44. The van der Waals surface area contributed by atoms with Crippen LogP contribution >= 0.6 is 15.9 Å². The lowest BCUT2D eigenvalue weighted by Crippen LogP contribution is -2.28. The number of halogens is 4. The number of carbonyl (C=O) groups excluding carboxylic acids is 1. The van der Waals surface area contributed by atoms with Crippen molar-refractivity contribution in [1.82, 2.24) is 14.3 Å². The minimum atomic E-state index is -1.11. The van der Waals surface area contributed by atoms with Crippen molar-refractivity contribution in [3.8, 4) is 5.69 Å². The van der Waals surface area contributed by atoms with Crippen molar-refractivity contribution in [3.63, 3.8) is 0 Å². The van der Waals surface area contributed by atoms with Gasteiger partial charge in [0, 0.05) is 15.5 Å². The van der Waals surface area contributed by atoms with Crippen molar-refractivity contribution in [2.24, 2.45) is 11.1 Å². The molecular weight excluding hydrogens is 445 g/mol. The summed E-state index contributed by atoms with van der Waals surface area (Å²) in [6.45, 7) is 3.85. The Kier molecular flexibility index (Phi) is 6.37. The van der Waals surface area contributed by atoms with E-state index < -0.39 is 53.5 Å². The van der Waals surface area contributed by atoms with E-state index in [2.05, 4.69) is 25.8 Å². The molecule has 0 radical (unpaired) electrons. The average molecular weight is 463 g/mol. The van der Waals surface area contributed by atoms with Gasteiger partial charge in [-0.05, 0) is 12.1 Å². The summed E-state index contributed by atoms with van der Waals surface area (Å²) in [5.41, 5.74) is 2.40. The van der Waals surface area contributed by atoms with Gasteiger partial charge in [-0.25, -0.2) is 32.0 Å². The van der Waals surface area contributed by atoms with Crippen molar-refractivity contribution in [2.45, 2.75) is 27.3 Å². The van der Waals surface area contributed by atoms with Crippen LogP contribution in [0.5, 0.6) is 0 Å². The quantitative estimate of drug-likeness (QED) is 0.736. The van der Waals surface area contributed by atoms with E-state index in [9.17, 15) is 22.8 Å². The molecule has 0 aliphatic rings. The standard InChI is InChI=1S/C17H18BrF3N4O3/c1-17(2,3)14(21)9(7-28-15(22)26)6-25-16(27)24(8-23-25)13-11(19)4-10(18)5-12(13)20/h4-5,8H,6-7H2,1-3H3,(H2,22,26)/b14-9-. The van der Waals surface area contributed by atoms with Crippen LogP contribution in [0.1, 0.15) is 20.8 Å². The molecule has 2 aromatic rings. The highest BCUT2D eigenvalue weighted by atomic mass is 79.9. The first-order valence-corrected chi connectivity index (χ1v) is 8.80. The first kappa shape index (κ1) is 21.7. The number of rotatable bonds is 5. The molecule has 0 saturated carbocycles. The van der Waals surface area contributed by atoms with Crippen molar-refractivity contribution in [2.75, 3.05) is 6.61 Å². The zero-order chi connectivity index (χ0) is 21.2. The van der Waals surface area contributed by atoms with E-state index in [1.165, 1.54) is 0 Å². The molecule has 0 aliphatic carbocycles. The number of hydrogen-bond acceptors (Lipinski definition) is 4. The minimum absolute atomic E-state index is 0.0598. The van der Waals surface area contributed by atoms with Gasteiger partial charge >= 0.3 is 11.8 Å². The maximum absolute atomic E-state index is 14.7. The number of nitrogens with zero attached hydrogens (tertiary/aromatic N) is 3. The van der Waals surface area contributed by atoms with Gasteiger partial charge in [0.15, 0.2) is 11.6 Å². The molecule has 0 spiro atoms. The van der Waals surface area contributed by atoms with Gasteiger partial charge in [-0.15, -0.1) is 0 Å². The average Bonchev–Trinajstić information content (AvgIpc) is 2.89. The third-order valence-corrected chi connectivity index (χ3v) is 4.11. The van der Waals surface area contributed by atoms with Gasteiger partial charge < -0.3 is 10.5 Å². The second-order valence-corrected chi connectivity index (χ2v) is 7.85. The number of carbonyl (C=O) groups is 1. The molecule has 152 valence electrons. The Morgan fingerprint density at radius 1 is 1.29 bits per heavy atom. The van der Waals surface area contributed by atoms with Crippen molar-refractivity contribution in [3.05, 3.63) is 56.5 Å². The maximum Gasteiger partial charge on any atom is 0.404 e. The molecule has 1 heterocycles. The molecule has 11 heteroatoms. The van der Waals surface area contributed by atoms with Crippen LogP contribution in [0.25, 0.3) is 5.69 Å². The van der Waals surface area contributed by atoms with E-state index in [1.54, 1.807) is 20.8 Å². The second-order valence-electron chi connectivity index (χ2n) is 6.93. The van der Waals surface area contributed by atoms with Gasteiger partial charge in [0.2, 0.25) is 0 Å². The van der Waals surface area contributed by atoms with Crippen molar-refractivity contribution >= 4 is 22.0 Å². The maximum atomic E-state index is 14.7. The molecule has 0 atom stereocenters. The highest BCUT2D eigenvalue weighted by Crippen LogP contribution is 2.30. The Morgan fingerprint density at radius 3 is 2.36 bits per heavy atom. The lowest BCUT2D eigenvalue weighted by atomic mass is 9.92. The van der Waals surface area contributed by atoms with Crippen LogP contribution in [-0.2, 0) is 11.3 Å². The molecule has 28 heavy (non-hydrogen) atoms. The monoisotopic (exact) mass is 462 g/mol. The molecule has 7 nitrogen and oxygen atoms in total. The fourth-order valence-corrected chi connectivity index (χ4v) is 2.81. The summed E-state index contributed by atoms with van der Waals surface area (Å²) in [7, 11) is 0. The SMILES string of the molecule is CC(C)(C)/C(F)=C(/COC(N)=O)Cn1ncn(-c2c(F)cc(Br)cc2F)c1=O. The molecule has 2 rings (SSSR count). The van der Waals surface area contributed by atoms with Crippen LogP contribution in [0, 0.1) is 17.0 Å². The normalized spacial score (nSPS) is 12.7. The van der Waals surface area contributed by atoms with Crippen LogP contribution in [0.3, 0.4) is 0 Å². The number of allylic oxidation sites excluding steroid dienone is 1. The highest BCUT2D eigenvalue weighted by molar-refractivity contribution is 9.10.